The van der Waals surface area contributed by atoms with Crippen LogP contribution in [0.5, 0.6) is 0 Å². The second-order valence-electron chi connectivity index (χ2n) is 10.9. The number of nitrogens with one attached hydrogen (secondary N) is 1. The van der Waals surface area contributed by atoms with E-state index >= 15 is 0 Å². The first-order valence-electron chi connectivity index (χ1n) is 11.5. The van der Waals surface area contributed by atoms with Crippen molar-refractivity contribution in [1.29, 1.82) is 0 Å². The van der Waals surface area contributed by atoms with Gasteiger partial charge in [0.2, 0.25) is 0 Å². The van der Waals surface area contributed by atoms with Gasteiger partial charge in [-0.3, -0.25) is 4.79 Å². The van der Waals surface area contributed by atoms with Gasteiger partial charge in [-0.15, -0.1) is 0 Å². The van der Waals surface area contributed by atoms with Crippen LogP contribution in [0, 0.1) is 11.8 Å². The fraction of sp³-hybridized carbons (Fsp3) is 0.520. The number of carbonyl (C=O) groups excluding carboxylic acids is 1. The zero-order valence-electron chi connectivity index (χ0n) is 20.1. The summed E-state index contributed by atoms with van der Waals surface area (Å²) < 4.78 is 28.0. The first kappa shape index (κ1) is 23.5. The van der Waals surface area contributed by atoms with Crippen LogP contribution in [-0.4, -0.2) is 31.4 Å². The Balaban J connectivity index is 1.73. The largest absolute Gasteiger partial charge is 0.399 e. The molecule has 1 unspecified atom stereocenters. The average molecular weight is 471 g/mol. The summed E-state index contributed by atoms with van der Waals surface area (Å²) in [6.45, 7) is 11.4. The highest BCUT2D eigenvalue weighted by Crippen LogP contribution is 2.50. The molecule has 1 aliphatic carbocycles. The number of rotatable bonds is 5. The van der Waals surface area contributed by atoms with Gasteiger partial charge in [0, 0.05) is 28.9 Å². The molecule has 2 heterocycles. The van der Waals surface area contributed by atoms with Crippen molar-refractivity contribution < 1.29 is 13.2 Å². The number of nitrogens with two attached hydrogens (primary N) is 1. The van der Waals surface area contributed by atoms with Crippen molar-refractivity contribution in [2.24, 2.45) is 11.8 Å². The molecule has 7 nitrogen and oxygen atoms in total. The van der Waals surface area contributed by atoms with E-state index in [1.807, 2.05) is 6.07 Å². The van der Waals surface area contributed by atoms with Gasteiger partial charge in [-0.05, 0) is 75.3 Å². The molecule has 2 aliphatic rings. The average Bonchev–Trinajstić information content (AvgIpc) is 3.49. The minimum atomic E-state index is -4.08. The normalized spacial score (nSPS) is 20.6. The number of sulfonamides is 1. The van der Waals surface area contributed by atoms with E-state index in [1.165, 1.54) is 25.0 Å². The third-order valence-electron chi connectivity index (χ3n) is 7.00. The lowest BCUT2D eigenvalue weighted by molar-refractivity contribution is 0.0981. The Bertz CT molecular complexity index is 1180. The summed E-state index contributed by atoms with van der Waals surface area (Å²) in [5.74, 6) is 1.11. The van der Waals surface area contributed by atoms with Crippen molar-refractivity contribution in [3.05, 3.63) is 47.7 Å². The Morgan fingerprint density at radius 1 is 1.15 bits per heavy atom. The topological polar surface area (TPSA) is 105 Å². The van der Waals surface area contributed by atoms with E-state index < -0.39 is 15.9 Å². The van der Waals surface area contributed by atoms with E-state index in [4.69, 9.17) is 10.7 Å². The van der Waals surface area contributed by atoms with Crippen LogP contribution in [0.3, 0.4) is 0 Å². The number of aromatic nitrogens is 1. The van der Waals surface area contributed by atoms with Crippen LogP contribution in [0.1, 0.15) is 69.9 Å². The van der Waals surface area contributed by atoms with E-state index in [2.05, 4.69) is 44.2 Å². The predicted octanol–water partition coefficient (Wildman–Crippen LogP) is 4.09. The molecule has 1 atom stereocenters. The predicted molar refractivity (Wildman–Crippen MR) is 131 cm³/mol. The van der Waals surface area contributed by atoms with Crippen molar-refractivity contribution in [1.82, 2.24) is 9.71 Å². The molecule has 3 N–H and O–H groups in total. The van der Waals surface area contributed by atoms with Crippen LogP contribution >= 0.6 is 0 Å². The molecule has 0 spiro atoms. The first-order valence-corrected chi connectivity index (χ1v) is 13.0. The number of hydrogen-bond acceptors (Lipinski definition) is 6. The van der Waals surface area contributed by atoms with Crippen molar-refractivity contribution in [2.45, 2.75) is 69.7 Å². The van der Waals surface area contributed by atoms with Crippen LogP contribution in [0.2, 0.25) is 0 Å². The lowest BCUT2D eigenvalue weighted by atomic mass is 9.84. The van der Waals surface area contributed by atoms with Gasteiger partial charge < -0.3 is 10.6 Å². The van der Waals surface area contributed by atoms with Crippen molar-refractivity contribution >= 4 is 27.4 Å². The Kier molecular flexibility index (Phi) is 5.71. The van der Waals surface area contributed by atoms with Crippen molar-refractivity contribution in [3.63, 3.8) is 0 Å². The summed E-state index contributed by atoms with van der Waals surface area (Å²) in [5, 5.41) is 0. The Hall–Kier alpha value is -2.61. The SMILES string of the molecule is CC(C)(C)c1ccc(C(=O)NS(=O)(=O)c2cccc(N)c2)c(N2CCC(C3CC3)C2(C)C)n1. The number of benzene rings is 1. The quantitative estimate of drug-likeness (QED) is 0.638. The molecule has 0 bridgehead atoms. The Morgan fingerprint density at radius 2 is 1.85 bits per heavy atom. The first-order chi connectivity index (χ1) is 15.3. The molecular weight excluding hydrogens is 436 g/mol. The standard InChI is InChI=1S/C25H34N4O3S/c1-24(2,3)21-12-11-19(23(30)28-33(31,32)18-8-6-7-17(26)15-18)22(27-21)29-14-13-20(16-9-10-16)25(29,4)5/h6-8,11-12,15-16,20H,9-10,13-14,26H2,1-5H3,(H,28,30). The summed E-state index contributed by atoms with van der Waals surface area (Å²) in [6, 6.07) is 9.41. The minimum Gasteiger partial charge on any atom is -0.399 e. The third-order valence-corrected chi connectivity index (χ3v) is 8.33. The lowest BCUT2D eigenvalue weighted by Crippen LogP contribution is -2.45. The fourth-order valence-electron chi connectivity index (χ4n) is 4.97. The van der Waals surface area contributed by atoms with Crippen LogP contribution in [0.15, 0.2) is 41.3 Å². The number of carbonyl (C=O) groups is 1. The van der Waals surface area contributed by atoms with Gasteiger partial charge in [0.05, 0.1) is 10.5 Å². The maximum absolute atomic E-state index is 13.3. The third kappa shape index (κ3) is 4.58. The van der Waals surface area contributed by atoms with E-state index in [9.17, 15) is 13.2 Å². The summed E-state index contributed by atoms with van der Waals surface area (Å²) in [7, 11) is -4.08. The molecule has 2 aromatic rings. The van der Waals surface area contributed by atoms with E-state index in [-0.39, 0.29) is 21.4 Å². The van der Waals surface area contributed by atoms with Gasteiger partial charge in [0.25, 0.3) is 15.9 Å². The molecule has 1 saturated heterocycles. The summed E-state index contributed by atoms with van der Waals surface area (Å²) in [5.41, 5.74) is 6.79. The molecule has 2 fully saturated rings. The zero-order valence-corrected chi connectivity index (χ0v) is 20.9. The highest BCUT2D eigenvalue weighted by atomic mass is 32.2. The zero-order chi connectivity index (χ0) is 24.2. The van der Waals surface area contributed by atoms with E-state index in [1.54, 1.807) is 18.2 Å². The van der Waals surface area contributed by atoms with Gasteiger partial charge in [-0.25, -0.2) is 18.1 Å². The Labute approximate surface area is 196 Å². The maximum atomic E-state index is 13.3. The monoisotopic (exact) mass is 470 g/mol. The van der Waals surface area contributed by atoms with Crippen LogP contribution in [0.25, 0.3) is 0 Å². The minimum absolute atomic E-state index is 0.0491. The number of anilines is 2. The van der Waals surface area contributed by atoms with E-state index in [0.29, 0.717) is 17.4 Å². The highest BCUT2D eigenvalue weighted by Gasteiger charge is 2.49. The molecule has 1 aromatic carbocycles. The summed E-state index contributed by atoms with van der Waals surface area (Å²) in [4.78, 5) is 20.4. The molecule has 1 aromatic heterocycles. The molecule has 33 heavy (non-hydrogen) atoms. The second-order valence-corrected chi connectivity index (χ2v) is 12.5. The summed E-state index contributed by atoms with van der Waals surface area (Å²) in [6.07, 6.45) is 3.55. The molecule has 8 heteroatoms. The molecule has 1 saturated carbocycles. The number of nitrogen functional groups attached to an aromatic ring is 1. The van der Waals surface area contributed by atoms with Crippen molar-refractivity contribution in [3.8, 4) is 0 Å². The molecule has 1 amide bonds. The maximum Gasteiger partial charge on any atom is 0.268 e. The van der Waals surface area contributed by atoms with E-state index in [0.717, 1.165) is 24.6 Å². The van der Waals surface area contributed by atoms with Crippen molar-refractivity contribution in [2.75, 3.05) is 17.2 Å². The van der Waals surface area contributed by atoms with Crippen LogP contribution in [-0.2, 0) is 15.4 Å². The van der Waals surface area contributed by atoms with Gasteiger partial charge in [0.1, 0.15) is 5.82 Å². The lowest BCUT2D eigenvalue weighted by Gasteiger charge is -2.38. The van der Waals surface area contributed by atoms with Crippen LogP contribution < -0.4 is 15.4 Å². The summed E-state index contributed by atoms with van der Waals surface area (Å²) >= 11 is 0. The second kappa shape index (κ2) is 8.01. The molecular formula is C25H34N4O3S. The number of nitrogens with zero attached hydrogens (tertiary/aromatic N) is 2. The smallest absolute Gasteiger partial charge is 0.268 e. The van der Waals surface area contributed by atoms with Gasteiger partial charge >= 0.3 is 0 Å². The van der Waals surface area contributed by atoms with Gasteiger partial charge in [0.15, 0.2) is 0 Å². The molecule has 4 rings (SSSR count). The number of hydrogen-bond donors (Lipinski definition) is 2. The molecule has 178 valence electrons. The number of amides is 1. The van der Waals surface area contributed by atoms with Crippen LogP contribution in [0.4, 0.5) is 11.5 Å². The van der Waals surface area contributed by atoms with Gasteiger partial charge in [-0.2, -0.15) is 0 Å². The molecule has 0 radical (unpaired) electrons. The Morgan fingerprint density at radius 3 is 2.45 bits per heavy atom. The molecule has 1 aliphatic heterocycles. The van der Waals surface area contributed by atoms with Gasteiger partial charge in [-0.1, -0.05) is 26.8 Å². The highest BCUT2D eigenvalue weighted by molar-refractivity contribution is 7.90. The fourth-order valence-corrected chi connectivity index (χ4v) is 5.99. The number of pyridine rings is 1.